The molecule has 4 nitrogen and oxygen atoms in total. The third-order valence-corrected chi connectivity index (χ3v) is 5.24. The maximum atomic E-state index is 12.1. The van der Waals surface area contributed by atoms with E-state index in [2.05, 4.69) is 10.3 Å². The van der Waals surface area contributed by atoms with Crippen LogP contribution in [0.4, 0.5) is 0 Å². The van der Waals surface area contributed by atoms with Crippen LogP contribution >= 0.6 is 11.3 Å². The van der Waals surface area contributed by atoms with Gasteiger partial charge >= 0.3 is 0 Å². The highest BCUT2D eigenvalue weighted by molar-refractivity contribution is 7.09. The zero-order chi connectivity index (χ0) is 14.4. The molecular weight excluding hydrogens is 270 g/mol. The van der Waals surface area contributed by atoms with E-state index in [1.165, 1.54) is 19.3 Å². The van der Waals surface area contributed by atoms with Gasteiger partial charge in [0.05, 0.1) is 5.01 Å². The van der Waals surface area contributed by atoms with Crippen molar-refractivity contribution in [2.75, 3.05) is 13.1 Å². The molecule has 5 heteroatoms. The molecular formula is C15H25N3OS. The number of carbonyl (C=O) groups is 1. The second-order valence-corrected chi connectivity index (χ2v) is 6.87. The van der Waals surface area contributed by atoms with Gasteiger partial charge in [-0.3, -0.25) is 4.79 Å². The Balaban J connectivity index is 1.74. The first kappa shape index (κ1) is 15.4. The predicted octanol–water partition coefficient (Wildman–Crippen LogP) is 2.41. The summed E-state index contributed by atoms with van der Waals surface area (Å²) in [5.41, 5.74) is 7.03. The molecule has 1 aliphatic carbocycles. The molecule has 0 aromatic carbocycles. The van der Waals surface area contributed by atoms with Crippen LogP contribution in [0.1, 0.15) is 49.2 Å². The van der Waals surface area contributed by atoms with Gasteiger partial charge in [-0.1, -0.05) is 19.3 Å². The van der Waals surface area contributed by atoms with Crippen molar-refractivity contribution in [1.29, 1.82) is 0 Å². The first-order valence-corrected chi connectivity index (χ1v) is 8.39. The fourth-order valence-electron chi connectivity index (χ4n) is 2.98. The molecule has 0 aliphatic heterocycles. The van der Waals surface area contributed by atoms with Gasteiger partial charge in [0, 0.05) is 30.5 Å². The summed E-state index contributed by atoms with van der Waals surface area (Å²) in [6.45, 7) is 3.30. The van der Waals surface area contributed by atoms with E-state index in [1.807, 2.05) is 12.3 Å². The molecule has 0 spiro atoms. The van der Waals surface area contributed by atoms with Gasteiger partial charge in [0.1, 0.15) is 0 Å². The summed E-state index contributed by atoms with van der Waals surface area (Å²) in [5, 5.41) is 6.15. The highest BCUT2D eigenvalue weighted by atomic mass is 32.1. The van der Waals surface area contributed by atoms with E-state index in [0.717, 1.165) is 30.0 Å². The van der Waals surface area contributed by atoms with Gasteiger partial charge in [-0.15, -0.1) is 11.3 Å². The molecule has 1 aliphatic rings. The molecule has 20 heavy (non-hydrogen) atoms. The lowest BCUT2D eigenvalue weighted by Crippen LogP contribution is -2.39. The Bertz CT molecular complexity index is 438. The van der Waals surface area contributed by atoms with Gasteiger partial charge in [-0.05, 0) is 31.7 Å². The molecule has 0 saturated heterocycles. The summed E-state index contributed by atoms with van der Waals surface area (Å²) >= 11 is 1.66. The number of nitrogens with one attached hydrogen (secondary N) is 1. The van der Waals surface area contributed by atoms with Crippen LogP contribution < -0.4 is 11.1 Å². The van der Waals surface area contributed by atoms with E-state index in [0.29, 0.717) is 19.5 Å². The van der Waals surface area contributed by atoms with Crippen LogP contribution in [0, 0.1) is 12.3 Å². The van der Waals surface area contributed by atoms with Gasteiger partial charge in [0.2, 0.25) is 5.91 Å². The first-order valence-electron chi connectivity index (χ1n) is 7.51. The van der Waals surface area contributed by atoms with Crippen LogP contribution in [0.3, 0.4) is 0 Å². The van der Waals surface area contributed by atoms with Crippen LogP contribution in [0.2, 0.25) is 0 Å². The molecule has 1 amide bonds. The van der Waals surface area contributed by atoms with Crippen LogP contribution in [-0.2, 0) is 11.2 Å². The lowest BCUT2D eigenvalue weighted by Gasteiger charge is -2.35. The fraction of sp³-hybridized carbons (Fsp3) is 0.733. The summed E-state index contributed by atoms with van der Waals surface area (Å²) in [7, 11) is 0. The molecule has 0 unspecified atom stereocenters. The molecule has 0 bridgehead atoms. The van der Waals surface area contributed by atoms with Gasteiger partial charge in [0.15, 0.2) is 0 Å². The van der Waals surface area contributed by atoms with E-state index >= 15 is 0 Å². The Kier molecular flexibility index (Phi) is 5.54. The molecule has 0 radical (unpaired) electrons. The molecule has 0 atom stereocenters. The Morgan fingerprint density at radius 2 is 2.20 bits per heavy atom. The maximum Gasteiger partial charge on any atom is 0.220 e. The van der Waals surface area contributed by atoms with Crippen LogP contribution in [0.15, 0.2) is 5.38 Å². The van der Waals surface area contributed by atoms with Gasteiger partial charge in [-0.25, -0.2) is 4.98 Å². The van der Waals surface area contributed by atoms with E-state index < -0.39 is 0 Å². The minimum absolute atomic E-state index is 0.0557. The number of nitrogens with two attached hydrogens (primary N) is 1. The Morgan fingerprint density at radius 1 is 1.45 bits per heavy atom. The zero-order valence-electron chi connectivity index (χ0n) is 12.3. The molecule has 1 fully saturated rings. The second-order valence-electron chi connectivity index (χ2n) is 5.92. The number of aromatic nitrogens is 1. The maximum absolute atomic E-state index is 12.1. The quantitative estimate of drug-likeness (QED) is 0.847. The van der Waals surface area contributed by atoms with Crippen LogP contribution in [-0.4, -0.2) is 24.0 Å². The zero-order valence-corrected chi connectivity index (χ0v) is 13.1. The molecule has 1 aromatic rings. The summed E-state index contributed by atoms with van der Waals surface area (Å²) in [4.78, 5) is 16.5. The minimum atomic E-state index is 0.0557. The normalized spacial score (nSPS) is 17.9. The predicted molar refractivity (Wildman–Crippen MR) is 82.8 cm³/mol. The number of carbonyl (C=O) groups excluding carboxylic acids is 1. The third kappa shape index (κ3) is 4.28. The van der Waals surface area contributed by atoms with Gasteiger partial charge in [-0.2, -0.15) is 0 Å². The molecule has 1 saturated carbocycles. The topological polar surface area (TPSA) is 68.0 Å². The van der Waals surface area contributed by atoms with Gasteiger partial charge in [0.25, 0.3) is 0 Å². The number of amides is 1. The summed E-state index contributed by atoms with van der Waals surface area (Å²) in [6.07, 6.45) is 7.31. The van der Waals surface area contributed by atoms with Crippen molar-refractivity contribution in [2.45, 2.75) is 51.9 Å². The number of aryl methyl sites for hydroxylation is 1. The van der Waals surface area contributed by atoms with E-state index in [9.17, 15) is 4.79 Å². The van der Waals surface area contributed by atoms with Crippen molar-refractivity contribution >= 4 is 17.2 Å². The van der Waals surface area contributed by atoms with Crippen molar-refractivity contribution in [2.24, 2.45) is 11.1 Å². The average molecular weight is 295 g/mol. The van der Waals surface area contributed by atoms with Crippen molar-refractivity contribution in [3.63, 3.8) is 0 Å². The van der Waals surface area contributed by atoms with Crippen molar-refractivity contribution in [3.8, 4) is 0 Å². The highest BCUT2D eigenvalue weighted by Gasteiger charge is 2.32. The van der Waals surface area contributed by atoms with Gasteiger partial charge < -0.3 is 11.1 Å². The lowest BCUT2D eigenvalue weighted by atomic mass is 9.71. The largest absolute Gasteiger partial charge is 0.356 e. The Labute approximate surface area is 125 Å². The third-order valence-electron chi connectivity index (χ3n) is 4.21. The SMILES string of the molecule is Cc1csc(CCNC(=O)CC2(CN)CCCCC2)n1. The van der Waals surface area contributed by atoms with Crippen molar-refractivity contribution in [3.05, 3.63) is 16.1 Å². The standard InChI is InChI=1S/C15H25N3OS/c1-12-10-20-14(18-12)5-8-17-13(19)9-15(11-16)6-3-2-4-7-15/h10H,2-9,11,16H2,1H3,(H,17,19). The number of hydrogen-bond donors (Lipinski definition) is 2. The van der Waals surface area contributed by atoms with E-state index in [-0.39, 0.29) is 11.3 Å². The number of nitrogens with zero attached hydrogens (tertiary/aromatic N) is 1. The monoisotopic (exact) mass is 295 g/mol. The van der Waals surface area contributed by atoms with Crippen LogP contribution in [0.25, 0.3) is 0 Å². The summed E-state index contributed by atoms with van der Waals surface area (Å²) in [5.74, 6) is 0.144. The second kappa shape index (κ2) is 7.18. The average Bonchev–Trinajstić information content (AvgIpc) is 2.85. The lowest BCUT2D eigenvalue weighted by molar-refractivity contribution is -0.123. The molecule has 1 heterocycles. The number of thiazole rings is 1. The number of hydrogen-bond acceptors (Lipinski definition) is 4. The number of rotatable bonds is 6. The Morgan fingerprint density at radius 3 is 2.80 bits per heavy atom. The molecule has 1 aromatic heterocycles. The highest BCUT2D eigenvalue weighted by Crippen LogP contribution is 2.38. The molecule has 3 N–H and O–H groups in total. The van der Waals surface area contributed by atoms with Crippen LogP contribution in [0.5, 0.6) is 0 Å². The van der Waals surface area contributed by atoms with Crippen molar-refractivity contribution in [1.82, 2.24) is 10.3 Å². The van der Waals surface area contributed by atoms with E-state index in [4.69, 9.17) is 5.73 Å². The summed E-state index contributed by atoms with van der Waals surface area (Å²) < 4.78 is 0. The summed E-state index contributed by atoms with van der Waals surface area (Å²) in [6, 6.07) is 0. The minimum Gasteiger partial charge on any atom is -0.356 e. The first-order chi connectivity index (χ1) is 9.63. The smallest absolute Gasteiger partial charge is 0.220 e. The fourth-order valence-corrected chi connectivity index (χ4v) is 3.76. The Hall–Kier alpha value is -0.940. The molecule has 112 valence electrons. The van der Waals surface area contributed by atoms with Crippen molar-refractivity contribution < 1.29 is 4.79 Å². The molecule has 2 rings (SSSR count). The van der Waals surface area contributed by atoms with E-state index in [1.54, 1.807) is 11.3 Å².